The molecule has 0 radical (unpaired) electrons. The van der Waals surface area contributed by atoms with E-state index in [0.29, 0.717) is 0 Å². The first-order valence-electron chi connectivity index (χ1n) is 11.3. The lowest BCUT2D eigenvalue weighted by molar-refractivity contribution is -0.157. The van der Waals surface area contributed by atoms with Crippen LogP contribution in [0.2, 0.25) is 0 Å². The van der Waals surface area contributed by atoms with Gasteiger partial charge in [-0.2, -0.15) is 0 Å². The molecule has 2 rings (SSSR count). The number of esters is 2. The summed E-state index contributed by atoms with van der Waals surface area (Å²) in [6.07, 6.45) is -0.527. The van der Waals surface area contributed by atoms with Gasteiger partial charge in [-0.15, -0.1) is 0 Å². The average Bonchev–Trinajstić information content (AvgIpc) is 2.80. The predicted molar refractivity (Wildman–Crippen MR) is 128 cm³/mol. The predicted octanol–water partition coefficient (Wildman–Crippen LogP) is 3.73. The van der Waals surface area contributed by atoms with Crippen LogP contribution in [0.15, 0.2) is 60.7 Å². The highest BCUT2D eigenvalue weighted by molar-refractivity contribution is 5.81. The molecule has 2 aromatic carbocycles. The number of hydrogen-bond acceptors (Lipinski definition) is 7. The van der Waals surface area contributed by atoms with Crippen LogP contribution in [0.4, 0.5) is 4.79 Å². The number of carbonyl (C=O) groups excluding carboxylic acids is 3. The normalized spacial score (nSPS) is 12.8. The third-order valence-corrected chi connectivity index (χ3v) is 4.66. The minimum Gasteiger partial charge on any atom is -0.460 e. The summed E-state index contributed by atoms with van der Waals surface area (Å²) in [6, 6.07) is 17.1. The Morgan fingerprint density at radius 1 is 0.824 bits per heavy atom. The van der Waals surface area contributed by atoms with Gasteiger partial charge >= 0.3 is 18.0 Å². The zero-order valence-corrected chi connectivity index (χ0v) is 20.2. The lowest BCUT2D eigenvalue weighted by Gasteiger charge is -2.25. The van der Waals surface area contributed by atoms with Gasteiger partial charge < -0.3 is 24.8 Å². The van der Waals surface area contributed by atoms with Crippen LogP contribution in [0.5, 0.6) is 0 Å². The molecule has 0 fully saturated rings. The summed E-state index contributed by atoms with van der Waals surface area (Å²) in [6.45, 7) is 7.45. The monoisotopic (exact) mass is 470 g/mol. The van der Waals surface area contributed by atoms with Crippen molar-refractivity contribution < 1.29 is 28.6 Å². The number of rotatable bonds is 11. The molecule has 2 aromatic rings. The van der Waals surface area contributed by atoms with Gasteiger partial charge in [0.1, 0.15) is 30.9 Å². The largest absolute Gasteiger partial charge is 0.460 e. The van der Waals surface area contributed by atoms with Crippen molar-refractivity contribution in [3.63, 3.8) is 0 Å². The van der Waals surface area contributed by atoms with Crippen LogP contribution in [0.3, 0.4) is 0 Å². The Bertz CT molecular complexity index is 912. The summed E-state index contributed by atoms with van der Waals surface area (Å²) in [4.78, 5) is 37.2. The minimum absolute atomic E-state index is 0.0796. The van der Waals surface area contributed by atoms with Crippen LogP contribution in [0, 0.1) is 0 Å². The molecule has 0 heterocycles. The summed E-state index contributed by atoms with van der Waals surface area (Å²) < 4.78 is 16.0. The van der Waals surface area contributed by atoms with Gasteiger partial charge in [0.05, 0.1) is 0 Å². The van der Waals surface area contributed by atoms with Crippen molar-refractivity contribution in [3.05, 3.63) is 71.8 Å². The number of benzene rings is 2. The van der Waals surface area contributed by atoms with E-state index in [1.54, 1.807) is 27.7 Å². The van der Waals surface area contributed by atoms with Crippen LogP contribution in [0.1, 0.15) is 45.2 Å². The maximum absolute atomic E-state index is 12.6. The molecule has 0 saturated heterocycles. The smallest absolute Gasteiger partial charge is 0.408 e. The first kappa shape index (κ1) is 26.9. The van der Waals surface area contributed by atoms with Crippen molar-refractivity contribution in [1.29, 1.82) is 0 Å². The molecule has 1 amide bonds. The van der Waals surface area contributed by atoms with Crippen molar-refractivity contribution >= 4 is 18.0 Å². The van der Waals surface area contributed by atoms with E-state index in [4.69, 9.17) is 14.2 Å². The summed E-state index contributed by atoms with van der Waals surface area (Å²) in [5.41, 5.74) is 1.01. The maximum atomic E-state index is 12.6. The Morgan fingerprint density at radius 2 is 1.35 bits per heavy atom. The minimum atomic E-state index is -0.942. The van der Waals surface area contributed by atoms with Crippen LogP contribution in [0.25, 0.3) is 0 Å². The molecule has 8 heteroatoms. The lowest BCUT2D eigenvalue weighted by atomic mass is 10.1. The standard InChI is InChI=1S/C26H34N2O6/c1-19(23(29)32-17-20-11-7-5-8-12-20)27-16-15-22(24(30)34-26(2,3)4)28-25(31)33-18-21-13-9-6-10-14-21/h5-14,19,22,27H,15-18H2,1-4H3,(H,28,31)/t19-,22-/m0/s1. The topological polar surface area (TPSA) is 103 Å². The Balaban J connectivity index is 1.84. The van der Waals surface area contributed by atoms with E-state index in [9.17, 15) is 14.4 Å². The van der Waals surface area contributed by atoms with E-state index in [1.807, 2.05) is 60.7 Å². The highest BCUT2D eigenvalue weighted by Crippen LogP contribution is 2.10. The number of nitrogens with one attached hydrogen (secondary N) is 2. The van der Waals surface area contributed by atoms with Crippen LogP contribution in [-0.4, -0.2) is 42.3 Å². The van der Waals surface area contributed by atoms with Crippen LogP contribution >= 0.6 is 0 Å². The molecule has 8 nitrogen and oxygen atoms in total. The number of amides is 1. The van der Waals surface area contributed by atoms with E-state index in [-0.39, 0.29) is 26.2 Å². The van der Waals surface area contributed by atoms with Gasteiger partial charge in [0.15, 0.2) is 0 Å². The first-order chi connectivity index (χ1) is 16.1. The quantitative estimate of drug-likeness (QED) is 0.381. The third-order valence-electron chi connectivity index (χ3n) is 4.66. The molecule has 0 bridgehead atoms. The van der Waals surface area contributed by atoms with Crippen molar-refractivity contribution in [2.24, 2.45) is 0 Å². The van der Waals surface area contributed by atoms with Gasteiger partial charge in [0.25, 0.3) is 0 Å². The Morgan fingerprint density at radius 3 is 1.88 bits per heavy atom. The van der Waals surface area contributed by atoms with Crippen molar-refractivity contribution in [1.82, 2.24) is 10.6 Å². The molecule has 0 saturated carbocycles. The number of ether oxygens (including phenoxy) is 3. The number of carbonyl (C=O) groups is 3. The molecule has 2 atom stereocenters. The van der Waals surface area contributed by atoms with Crippen LogP contribution < -0.4 is 10.6 Å². The average molecular weight is 471 g/mol. The number of alkyl carbamates (subject to hydrolysis) is 1. The van der Waals surface area contributed by atoms with E-state index in [0.717, 1.165) is 11.1 Å². The zero-order chi connectivity index (χ0) is 25.0. The maximum Gasteiger partial charge on any atom is 0.408 e. The summed E-state index contributed by atoms with van der Waals surface area (Å²) in [5, 5.41) is 5.59. The molecular formula is C26H34N2O6. The van der Waals surface area contributed by atoms with Gasteiger partial charge in [-0.3, -0.25) is 4.79 Å². The van der Waals surface area contributed by atoms with Gasteiger partial charge in [-0.1, -0.05) is 60.7 Å². The van der Waals surface area contributed by atoms with E-state index >= 15 is 0 Å². The molecule has 0 spiro atoms. The molecule has 184 valence electrons. The Hall–Kier alpha value is -3.39. The highest BCUT2D eigenvalue weighted by atomic mass is 16.6. The highest BCUT2D eigenvalue weighted by Gasteiger charge is 2.27. The third kappa shape index (κ3) is 10.5. The molecule has 0 unspecified atom stereocenters. The van der Waals surface area contributed by atoms with Crippen molar-refractivity contribution in [2.75, 3.05) is 6.54 Å². The van der Waals surface area contributed by atoms with E-state index < -0.39 is 35.7 Å². The second kappa shape index (κ2) is 13.3. The SMILES string of the molecule is C[C@H](NCC[C@H](NC(=O)OCc1ccccc1)C(=O)OC(C)(C)C)C(=O)OCc1ccccc1. The molecule has 0 aliphatic rings. The molecule has 0 aliphatic carbocycles. The molecule has 2 N–H and O–H groups in total. The van der Waals surface area contributed by atoms with E-state index in [1.165, 1.54) is 0 Å². The first-order valence-corrected chi connectivity index (χ1v) is 11.3. The second-order valence-electron chi connectivity index (χ2n) is 8.85. The fourth-order valence-corrected chi connectivity index (χ4v) is 2.91. The van der Waals surface area contributed by atoms with E-state index in [2.05, 4.69) is 10.6 Å². The molecule has 0 aliphatic heterocycles. The Labute approximate surface area is 201 Å². The molecule has 34 heavy (non-hydrogen) atoms. The van der Waals surface area contributed by atoms with Gasteiger partial charge in [0, 0.05) is 0 Å². The van der Waals surface area contributed by atoms with Crippen molar-refractivity contribution in [2.45, 2.75) is 65.0 Å². The van der Waals surface area contributed by atoms with Gasteiger partial charge in [-0.05, 0) is 51.8 Å². The fourth-order valence-electron chi connectivity index (χ4n) is 2.91. The lowest BCUT2D eigenvalue weighted by Crippen LogP contribution is -2.46. The Kier molecular flexibility index (Phi) is 10.5. The van der Waals surface area contributed by atoms with Gasteiger partial charge in [0.2, 0.25) is 0 Å². The van der Waals surface area contributed by atoms with Crippen molar-refractivity contribution in [3.8, 4) is 0 Å². The molecule has 0 aromatic heterocycles. The summed E-state index contributed by atoms with van der Waals surface area (Å²) >= 11 is 0. The fraction of sp³-hybridized carbons (Fsp3) is 0.423. The second-order valence-corrected chi connectivity index (χ2v) is 8.85. The summed E-state index contributed by atoms with van der Waals surface area (Å²) in [5.74, 6) is -0.988. The number of hydrogen-bond donors (Lipinski definition) is 2. The van der Waals surface area contributed by atoms with Gasteiger partial charge in [-0.25, -0.2) is 9.59 Å². The summed E-state index contributed by atoms with van der Waals surface area (Å²) in [7, 11) is 0. The van der Waals surface area contributed by atoms with Crippen LogP contribution in [-0.2, 0) is 37.0 Å². The zero-order valence-electron chi connectivity index (χ0n) is 20.2. The molecular weight excluding hydrogens is 436 g/mol.